The lowest BCUT2D eigenvalue weighted by molar-refractivity contribution is -0.256. The molecule has 6 nitrogen and oxygen atoms in total. The van der Waals surface area contributed by atoms with E-state index in [4.69, 9.17) is 14.6 Å². The summed E-state index contributed by atoms with van der Waals surface area (Å²) in [5.74, 6) is -1.17. The van der Waals surface area contributed by atoms with E-state index >= 15 is 0 Å². The second-order valence-electron chi connectivity index (χ2n) is 9.23. The SMILES string of the molecule is CCCCCCCCCCCC(CCCCCC)CC(S)OC(CC)OC(O)([PH2]=O)C(=O)O. The molecule has 33 heavy (non-hydrogen) atoms. The van der Waals surface area contributed by atoms with Crippen LogP contribution in [0.3, 0.4) is 0 Å². The highest BCUT2D eigenvalue weighted by molar-refractivity contribution is 7.80. The number of carboxylic acids is 1. The monoisotopic (exact) mass is 510 g/mol. The summed E-state index contributed by atoms with van der Waals surface area (Å²) in [6.45, 7) is 6.22. The van der Waals surface area contributed by atoms with Crippen molar-refractivity contribution in [2.24, 2.45) is 5.92 Å². The standard InChI is InChI=1S/C25H51O6PS/c1-4-7-9-11-12-13-14-15-17-19-21(18-16-10-8-5-2)20-23(33)30-22(6-3)31-25(28,32-29)24(26)27/h21-23,28,33H,4-20,32H2,1-3H3,(H,26,27). The van der Waals surface area contributed by atoms with E-state index in [9.17, 15) is 14.5 Å². The minimum atomic E-state index is -2.69. The van der Waals surface area contributed by atoms with Crippen molar-refractivity contribution in [3.05, 3.63) is 0 Å². The molecule has 8 heteroatoms. The second kappa shape index (κ2) is 21.2. The first-order valence-electron chi connectivity index (χ1n) is 13.3. The van der Waals surface area contributed by atoms with Gasteiger partial charge in [-0.1, -0.05) is 117 Å². The van der Waals surface area contributed by atoms with E-state index in [1.165, 1.54) is 83.5 Å². The van der Waals surface area contributed by atoms with Crippen LogP contribution in [0.1, 0.15) is 130 Å². The topological polar surface area (TPSA) is 93.1 Å². The fourth-order valence-corrected chi connectivity index (χ4v) is 4.78. The highest BCUT2D eigenvalue weighted by Gasteiger charge is 2.39. The molecule has 0 aromatic heterocycles. The number of hydrogen-bond acceptors (Lipinski definition) is 6. The molecule has 0 fully saturated rings. The van der Waals surface area contributed by atoms with Crippen LogP contribution in [0.15, 0.2) is 0 Å². The number of thiol groups is 1. The number of unbranched alkanes of at least 4 members (excludes halogenated alkanes) is 11. The summed E-state index contributed by atoms with van der Waals surface area (Å²) in [7, 11) is -2.07. The third kappa shape index (κ3) is 17.1. The summed E-state index contributed by atoms with van der Waals surface area (Å²) in [4.78, 5) is 11.2. The molecule has 0 aromatic rings. The zero-order valence-electron chi connectivity index (χ0n) is 21.3. The fourth-order valence-electron chi connectivity index (χ4n) is 4.04. The third-order valence-electron chi connectivity index (χ3n) is 6.14. The molecule has 0 radical (unpaired) electrons. The van der Waals surface area contributed by atoms with Gasteiger partial charge in [-0.05, 0) is 18.8 Å². The quantitative estimate of drug-likeness (QED) is 0.0542. The predicted molar refractivity (Wildman–Crippen MR) is 141 cm³/mol. The number of carbonyl (C=O) groups is 1. The Bertz CT molecular complexity index is 496. The molecule has 0 amide bonds. The fraction of sp³-hybridized carbons (Fsp3) is 0.960. The average Bonchev–Trinajstić information content (AvgIpc) is 2.79. The van der Waals surface area contributed by atoms with Gasteiger partial charge in [-0.2, -0.15) is 0 Å². The smallest absolute Gasteiger partial charge is 0.371 e. The molecule has 5 unspecified atom stereocenters. The number of aliphatic hydroxyl groups is 1. The summed E-state index contributed by atoms with van der Waals surface area (Å²) in [5.41, 5.74) is -3.12. The lowest BCUT2D eigenvalue weighted by Crippen LogP contribution is -2.40. The van der Waals surface area contributed by atoms with Crippen molar-refractivity contribution >= 4 is 27.1 Å². The number of hydrogen-bond donors (Lipinski definition) is 3. The van der Waals surface area contributed by atoms with Crippen molar-refractivity contribution in [1.29, 1.82) is 0 Å². The molecule has 0 heterocycles. The molecule has 0 saturated heterocycles. The maximum Gasteiger partial charge on any atom is 0.371 e. The van der Waals surface area contributed by atoms with Gasteiger partial charge in [0.2, 0.25) is 0 Å². The van der Waals surface area contributed by atoms with Gasteiger partial charge in [0, 0.05) is 0 Å². The Morgan fingerprint density at radius 3 is 1.76 bits per heavy atom. The molecule has 0 spiro atoms. The van der Waals surface area contributed by atoms with Crippen LogP contribution < -0.4 is 0 Å². The van der Waals surface area contributed by atoms with Crippen LogP contribution in [0, 0.1) is 5.92 Å². The molecule has 0 aliphatic carbocycles. The molecule has 2 N–H and O–H groups in total. The van der Waals surface area contributed by atoms with E-state index in [2.05, 4.69) is 26.5 Å². The molecule has 198 valence electrons. The number of carboxylic acid groups (broad SMARTS) is 1. The van der Waals surface area contributed by atoms with E-state index in [-0.39, 0.29) is 0 Å². The second-order valence-corrected chi connectivity index (χ2v) is 10.8. The molecule has 0 aliphatic heterocycles. The third-order valence-corrected chi connectivity index (χ3v) is 7.17. The van der Waals surface area contributed by atoms with E-state index in [0.29, 0.717) is 12.3 Å². The Balaban J connectivity index is 4.51. The van der Waals surface area contributed by atoms with Crippen LogP contribution in [-0.2, 0) is 18.8 Å². The van der Waals surface area contributed by atoms with Gasteiger partial charge in [0.05, 0.1) is 0 Å². The van der Waals surface area contributed by atoms with Crippen LogP contribution in [0.2, 0.25) is 0 Å². The maximum atomic E-state index is 11.2. The van der Waals surface area contributed by atoms with Crippen molar-refractivity contribution in [2.75, 3.05) is 0 Å². The lowest BCUT2D eigenvalue weighted by Gasteiger charge is -2.28. The first-order valence-corrected chi connectivity index (χ1v) is 14.8. The Labute approximate surface area is 209 Å². The van der Waals surface area contributed by atoms with Gasteiger partial charge < -0.3 is 24.3 Å². The van der Waals surface area contributed by atoms with Gasteiger partial charge in [0.15, 0.2) is 6.29 Å². The zero-order valence-corrected chi connectivity index (χ0v) is 23.4. The van der Waals surface area contributed by atoms with Crippen molar-refractivity contribution in [1.82, 2.24) is 0 Å². The first kappa shape index (κ1) is 32.9. The van der Waals surface area contributed by atoms with Gasteiger partial charge in [-0.3, -0.25) is 0 Å². The Hall–Kier alpha value is -0.0700. The number of aliphatic carboxylic acids is 1. The molecule has 0 aliphatic rings. The Morgan fingerprint density at radius 2 is 1.33 bits per heavy atom. The average molecular weight is 511 g/mol. The number of rotatable bonds is 24. The highest BCUT2D eigenvalue weighted by Crippen LogP contribution is 2.29. The van der Waals surface area contributed by atoms with Crippen molar-refractivity contribution in [3.8, 4) is 0 Å². The molecule has 0 saturated carbocycles. The molecular weight excluding hydrogens is 459 g/mol. The summed E-state index contributed by atoms with van der Waals surface area (Å²) < 4.78 is 22.1. The van der Waals surface area contributed by atoms with Gasteiger partial charge in [-0.15, -0.1) is 12.6 Å². The highest BCUT2D eigenvalue weighted by atomic mass is 32.1. The van der Waals surface area contributed by atoms with E-state index < -0.39 is 31.7 Å². The number of ether oxygens (including phenoxy) is 2. The molecule has 0 aromatic carbocycles. The van der Waals surface area contributed by atoms with E-state index in [0.717, 1.165) is 19.3 Å². The minimum absolute atomic E-state index is 0.325. The van der Waals surface area contributed by atoms with Gasteiger partial charge in [-0.25, -0.2) is 4.79 Å². The summed E-state index contributed by atoms with van der Waals surface area (Å²) >= 11 is 4.57. The van der Waals surface area contributed by atoms with Gasteiger partial charge >= 0.3 is 11.5 Å². The van der Waals surface area contributed by atoms with Crippen LogP contribution in [-0.4, -0.2) is 33.4 Å². The van der Waals surface area contributed by atoms with Crippen LogP contribution in [0.4, 0.5) is 0 Å². The van der Waals surface area contributed by atoms with Crippen molar-refractivity contribution in [2.45, 2.75) is 147 Å². The van der Waals surface area contributed by atoms with Crippen molar-refractivity contribution < 1.29 is 29.0 Å². The van der Waals surface area contributed by atoms with Crippen LogP contribution >= 0.6 is 21.1 Å². The Kier molecular flexibility index (Phi) is 21.2. The zero-order chi connectivity index (χ0) is 25.0. The largest absolute Gasteiger partial charge is 0.477 e. The normalized spacial score (nSPS) is 16.6. The van der Waals surface area contributed by atoms with Crippen LogP contribution in [0.25, 0.3) is 0 Å². The lowest BCUT2D eigenvalue weighted by atomic mass is 9.91. The molecular formula is C25H51O6PS. The molecule has 5 atom stereocenters. The van der Waals surface area contributed by atoms with Gasteiger partial charge in [0.25, 0.3) is 0 Å². The maximum absolute atomic E-state index is 11.2. The summed E-state index contributed by atoms with van der Waals surface area (Å²) in [6, 6.07) is 0. The summed E-state index contributed by atoms with van der Waals surface area (Å²) in [6.07, 6.45) is 19.1. The van der Waals surface area contributed by atoms with Crippen LogP contribution in [0.5, 0.6) is 0 Å². The Morgan fingerprint density at radius 1 is 0.879 bits per heavy atom. The minimum Gasteiger partial charge on any atom is -0.477 e. The molecule has 0 rings (SSSR count). The van der Waals surface area contributed by atoms with E-state index in [1.54, 1.807) is 6.92 Å². The first-order chi connectivity index (χ1) is 15.8. The van der Waals surface area contributed by atoms with Crippen molar-refractivity contribution in [3.63, 3.8) is 0 Å². The van der Waals surface area contributed by atoms with Gasteiger partial charge in [0.1, 0.15) is 13.9 Å². The summed E-state index contributed by atoms with van der Waals surface area (Å²) in [5, 5.41) is 19.0. The van der Waals surface area contributed by atoms with E-state index in [1.807, 2.05) is 0 Å². The predicted octanol–water partition coefficient (Wildman–Crippen LogP) is 7.40. The molecule has 0 bridgehead atoms.